The summed E-state index contributed by atoms with van der Waals surface area (Å²) in [5.41, 5.74) is 0.345. The van der Waals surface area contributed by atoms with E-state index in [2.05, 4.69) is 16.0 Å². The van der Waals surface area contributed by atoms with Crippen LogP contribution in [0.15, 0.2) is 18.2 Å². The second-order valence-corrected chi connectivity index (χ2v) is 4.88. The maximum atomic E-state index is 13.7. The van der Waals surface area contributed by atoms with Crippen LogP contribution in [0, 0.1) is 5.82 Å². The second kappa shape index (κ2) is 6.47. The van der Waals surface area contributed by atoms with Crippen LogP contribution < -0.4 is 16.0 Å². The Kier molecular flexibility index (Phi) is 4.68. The fourth-order valence-corrected chi connectivity index (χ4v) is 2.22. The van der Waals surface area contributed by atoms with E-state index in [1.807, 2.05) is 0 Å². The summed E-state index contributed by atoms with van der Waals surface area (Å²) < 4.78 is 13.7. The monoisotopic (exact) mass is 279 g/mol. The topological polar surface area (TPSA) is 70.2 Å². The summed E-state index contributed by atoms with van der Waals surface area (Å²) >= 11 is 0. The average Bonchev–Trinajstić information content (AvgIpc) is 2.91. The van der Waals surface area contributed by atoms with E-state index in [0.29, 0.717) is 12.2 Å². The molecule has 1 heterocycles. The van der Waals surface area contributed by atoms with Gasteiger partial charge >= 0.3 is 0 Å². The molecular formula is C14H18FN3O2. The van der Waals surface area contributed by atoms with Gasteiger partial charge in [-0.1, -0.05) is 0 Å². The van der Waals surface area contributed by atoms with Crippen molar-refractivity contribution in [3.63, 3.8) is 0 Å². The molecule has 1 fully saturated rings. The fraction of sp³-hybridized carbons (Fsp3) is 0.429. The van der Waals surface area contributed by atoms with Crippen LogP contribution in [0.25, 0.3) is 0 Å². The van der Waals surface area contributed by atoms with Crippen LogP contribution in [0.4, 0.5) is 10.1 Å². The van der Waals surface area contributed by atoms with Crippen LogP contribution in [-0.4, -0.2) is 30.9 Å². The Labute approximate surface area is 116 Å². The highest BCUT2D eigenvalue weighted by Crippen LogP contribution is 2.15. The highest BCUT2D eigenvalue weighted by Gasteiger charge is 2.17. The predicted octanol–water partition coefficient (Wildman–Crippen LogP) is 1.27. The van der Waals surface area contributed by atoms with Crippen molar-refractivity contribution >= 4 is 17.5 Å². The lowest BCUT2D eigenvalue weighted by molar-refractivity contribution is -0.114. The number of hydrogen-bond acceptors (Lipinski definition) is 3. The zero-order valence-corrected chi connectivity index (χ0v) is 11.3. The van der Waals surface area contributed by atoms with Crippen LogP contribution in [0.1, 0.15) is 30.1 Å². The van der Waals surface area contributed by atoms with Gasteiger partial charge in [0.15, 0.2) is 0 Å². The van der Waals surface area contributed by atoms with Crippen LogP contribution in [-0.2, 0) is 4.79 Å². The molecule has 1 saturated heterocycles. The molecule has 0 bridgehead atoms. The number of carbonyl (C=O) groups is 2. The molecule has 0 saturated carbocycles. The van der Waals surface area contributed by atoms with E-state index in [0.717, 1.165) is 19.4 Å². The van der Waals surface area contributed by atoms with Gasteiger partial charge in [-0.15, -0.1) is 0 Å². The van der Waals surface area contributed by atoms with Gasteiger partial charge in [0.05, 0.1) is 5.56 Å². The summed E-state index contributed by atoms with van der Waals surface area (Å²) in [4.78, 5) is 22.9. The van der Waals surface area contributed by atoms with Crippen molar-refractivity contribution in [1.82, 2.24) is 10.6 Å². The molecule has 1 aliphatic heterocycles. The first-order valence-corrected chi connectivity index (χ1v) is 6.65. The third-order valence-electron chi connectivity index (χ3n) is 3.20. The highest BCUT2D eigenvalue weighted by atomic mass is 19.1. The Balaban J connectivity index is 2.01. The third-order valence-corrected chi connectivity index (χ3v) is 3.20. The second-order valence-electron chi connectivity index (χ2n) is 4.88. The summed E-state index contributed by atoms with van der Waals surface area (Å²) in [6.07, 6.45) is 2.10. The van der Waals surface area contributed by atoms with Crippen LogP contribution >= 0.6 is 0 Å². The number of amides is 2. The number of nitrogens with one attached hydrogen (secondary N) is 3. The standard InChI is InChI=1S/C14H18FN3O2/c1-9(19)18-10-4-5-13(15)12(7-10)14(20)17-8-11-3-2-6-16-11/h4-5,7,11,16H,2-3,6,8H2,1H3,(H,17,20)(H,18,19). The van der Waals surface area contributed by atoms with Gasteiger partial charge < -0.3 is 16.0 Å². The van der Waals surface area contributed by atoms with Gasteiger partial charge in [-0.05, 0) is 37.6 Å². The lowest BCUT2D eigenvalue weighted by Gasteiger charge is -2.12. The van der Waals surface area contributed by atoms with Gasteiger partial charge in [0, 0.05) is 25.2 Å². The number of benzene rings is 1. The summed E-state index contributed by atoms with van der Waals surface area (Å²) in [6, 6.07) is 4.19. The van der Waals surface area contributed by atoms with Gasteiger partial charge in [-0.25, -0.2) is 4.39 Å². The first kappa shape index (κ1) is 14.5. The molecule has 6 heteroatoms. The van der Waals surface area contributed by atoms with E-state index in [1.54, 1.807) is 0 Å². The number of carbonyl (C=O) groups excluding carboxylic acids is 2. The van der Waals surface area contributed by atoms with E-state index in [4.69, 9.17) is 0 Å². The molecular weight excluding hydrogens is 261 g/mol. The lowest BCUT2D eigenvalue weighted by atomic mass is 10.1. The largest absolute Gasteiger partial charge is 0.350 e. The van der Waals surface area contributed by atoms with Crippen molar-refractivity contribution in [2.45, 2.75) is 25.8 Å². The minimum Gasteiger partial charge on any atom is -0.350 e. The van der Waals surface area contributed by atoms with Crippen molar-refractivity contribution in [1.29, 1.82) is 0 Å². The molecule has 108 valence electrons. The Morgan fingerprint density at radius 3 is 2.90 bits per heavy atom. The quantitative estimate of drug-likeness (QED) is 0.777. The maximum Gasteiger partial charge on any atom is 0.254 e. The Bertz CT molecular complexity index is 513. The molecule has 1 aromatic rings. The summed E-state index contributed by atoms with van der Waals surface area (Å²) in [5, 5.41) is 8.48. The van der Waals surface area contributed by atoms with Gasteiger partial charge in [0.2, 0.25) is 5.91 Å². The minimum atomic E-state index is -0.601. The highest BCUT2D eigenvalue weighted by molar-refractivity contribution is 5.97. The molecule has 0 aromatic heterocycles. The molecule has 1 aliphatic rings. The molecule has 2 rings (SSSR count). The Morgan fingerprint density at radius 2 is 2.25 bits per heavy atom. The van der Waals surface area contributed by atoms with Crippen molar-refractivity contribution < 1.29 is 14.0 Å². The predicted molar refractivity (Wildman–Crippen MR) is 74.1 cm³/mol. The number of rotatable bonds is 4. The van der Waals surface area contributed by atoms with E-state index in [1.165, 1.54) is 25.1 Å². The van der Waals surface area contributed by atoms with Crippen molar-refractivity contribution in [2.75, 3.05) is 18.4 Å². The van der Waals surface area contributed by atoms with E-state index < -0.39 is 11.7 Å². The molecule has 3 N–H and O–H groups in total. The number of halogens is 1. The molecule has 1 unspecified atom stereocenters. The zero-order chi connectivity index (χ0) is 14.5. The minimum absolute atomic E-state index is 0.0609. The van der Waals surface area contributed by atoms with Gasteiger partial charge in [0.25, 0.3) is 5.91 Å². The Morgan fingerprint density at radius 1 is 1.45 bits per heavy atom. The summed E-state index contributed by atoms with van der Waals surface area (Å²) in [7, 11) is 0. The van der Waals surface area contributed by atoms with E-state index >= 15 is 0 Å². The Hall–Kier alpha value is -1.95. The fourth-order valence-electron chi connectivity index (χ4n) is 2.22. The molecule has 0 radical (unpaired) electrons. The van der Waals surface area contributed by atoms with Crippen molar-refractivity contribution in [3.8, 4) is 0 Å². The van der Waals surface area contributed by atoms with Gasteiger partial charge in [-0.2, -0.15) is 0 Å². The molecule has 0 aliphatic carbocycles. The number of anilines is 1. The molecule has 2 amide bonds. The van der Waals surface area contributed by atoms with Crippen molar-refractivity contribution in [3.05, 3.63) is 29.6 Å². The summed E-state index contributed by atoms with van der Waals surface area (Å²) in [6.45, 7) is 2.78. The molecule has 20 heavy (non-hydrogen) atoms. The van der Waals surface area contributed by atoms with E-state index in [9.17, 15) is 14.0 Å². The molecule has 1 atom stereocenters. The number of hydrogen-bond donors (Lipinski definition) is 3. The van der Waals surface area contributed by atoms with Crippen LogP contribution in [0.5, 0.6) is 0 Å². The molecule has 1 aromatic carbocycles. The first-order valence-electron chi connectivity index (χ1n) is 6.65. The molecule has 5 nitrogen and oxygen atoms in total. The van der Waals surface area contributed by atoms with Crippen molar-refractivity contribution in [2.24, 2.45) is 0 Å². The maximum absolute atomic E-state index is 13.7. The van der Waals surface area contributed by atoms with Crippen LogP contribution in [0.3, 0.4) is 0 Å². The van der Waals surface area contributed by atoms with Crippen LogP contribution in [0.2, 0.25) is 0 Å². The lowest BCUT2D eigenvalue weighted by Crippen LogP contribution is -2.37. The summed E-state index contributed by atoms with van der Waals surface area (Å²) in [5.74, 6) is -1.34. The normalized spacial score (nSPS) is 17.8. The van der Waals surface area contributed by atoms with Gasteiger partial charge in [0.1, 0.15) is 5.82 Å². The van der Waals surface area contributed by atoms with Gasteiger partial charge in [-0.3, -0.25) is 9.59 Å². The first-order chi connectivity index (χ1) is 9.56. The smallest absolute Gasteiger partial charge is 0.254 e. The van der Waals surface area contributed by atoms with E-state index in [-0.39, 0.29) is 17.5 Å². The zero-order valence-electron chi connectivity index (χ0n) is 11.3. The SMILES string of the molecule is CC(=O)Nc1ccc(F)c(C(=O)NCC2CCCN2)c1. The molecule has 0 spiro atoms. The average molecular weight is 279 g/mol. The third kappa shape index (κ3) is 3.77.